The molecule has 0 aromatic heterocycles. The van der Waals surface area contributed by atoms with Gasteiger partial charge in [-0.1, -0.05) is 22.0 Å². The fourth-order valence-electron chi connectivity index (χ4n) is 1.53. The Hall–Kier alpha value is -1.07. The molecule has 94 valence electrons. The quantitative estimate of drug-likeness (QED) is 0.866. The van der Waals surface area contributed by atoms with E-state index in [-0.39, 0.29) is 6.61 Å². The molecule has 4 nitrogen and oxygen atoms in total. The second-order valence-electron chi connectivity index (χ2n) is 3.72. The van der Waals surface area contributed by atoms with Gasteiger partial charge in [0.1, 0.15) is 0 Å². The smallest absolute Gasteiger partial charge is 0.339 e. The summed E-state index contributed by atoms with van der Waals surface area (Å²) in [7, 11) is 3.70. The third-order valence-corrected chi connectivity index (χ3v) is 2.99. The normalized spacial score (nSPS) is 12.1. The molecule has 0 aliphatic heterocycles. The molecule has 0 fully saturated rings. The highest BCUT2D eigenvalue weighted by Crippen LogP contribution is 2.32. The van der Waals surface area contributed by atoms with Crippen LogP contribution < -0.4 is 4.90 Å². The van der Waals surface area contributed by atoms with Crippen LogP contribution in [0.3, 0.4) is 0 Å². The van der Waals surface area contributed by atoms with Gasteiger partial charge in [0.15, 0.2) is 6.10 Å². The number of halogens is 1. The van der Waals surface area contributed by atoms with Crippen LogP contribution in [-0.4, -0.2) is 31.8 Å². The average molecular weight is 302 g/mol. The van der Waals surface area contributed by atoms with Gasteiger partial charge in [-0.05, 0) is 19.1 Å². The predicted molar refractivity (Wildman–Crippen MR) is 70.1 cm³/mol. The maximum atomic E-state index is 11.6. The average Bonchev–Trinajstić information content (AvgIpc) is 2.28. The van der Waals surface area contributed by atoms with Crippen molar-refractivity contribution in [3.63, 3.8) is 0 Å². The number of carbonyl (C=O) groups is 1. The Morgan fingerprint density at radius 3 is 2.71 bits per heavy atom. The highest BCUT2D eigenvalue weighted by Gasteiger charge is 2.24. The maximum absolute atomic E-state index is 11.6. The number of hydrogen-bond donors (Lipinski definition) is 1. The lowest BCUT2D eigenvalue weighted by Crippen LogP contribution is -2.20. The van der Waals surface area contributed by atoms with Crippen LogP contribution >= 0.6 is 15.9 Å². The molecule has 0 saturated heterocycles. The summed E-state index contributed by atoms with van der Waals surface area (Å²) in [5, 5.41) is 10.00. The largest absolute Gasteiger partial charge is 0.464 e. The topological polar surface area (TPSA) is 49.8 Å². The third kappa shape index (κ3) is 3.20. The van der Waals surface area contributed by atoms with Crippen LogP contribution in [0.25, 0.3) is 0 Å². The van der Waals surface area contributed by atoms with Crippen LogP contribution in [0.1, 0.15) is 18.6 Å². The standard InChI is InChI=1S/C12H16BrNO3/c1-4-17-12(16)11(15)10-8(13)6-5-7-9(10)14(2)3/h5-7,11,15H,4H2,1-3H3. The highest BCUT2D eigenvalue weighted by molar-refractivity contribution is 9.10. The number of aliphatic hydroxyl groups is 1. The lowest BCUT2D eigenvalue weighted by molar-refractivity contribution is -0.153. The van der Waals surface area contributed by atoms with Crippen molar-refractivity contribution in [1.82, 2.24) is 0 Å². The number of aliphatic hydroxyl groups excluding tert-OH is 1. The Morgan fingerprint density at radius 1 is 1.53 bits per heavy atom. The molecular formula is C12H16BrNO3. The molecule has 1 aromatic carbocycles. The van der Waals surface area contributed by atoms with Crippen molar-refractivity contribution in [2.75, 3.05) is 25.6 Å². The monoisotopic (exact) mass is 301 g/mol. The molecule has 0 aliphatic carbocycles. The molecule has 0 aliphatic rings. The molecule has 1 aromatic rings. The van der Waals surface area contributed by atoms with E-state index in [0.29, 0.717) is 10.0 Å². The van der Waals surface area contributed by atoms with Crippen molar-refractivity contribution in [1.29, 1.82) is 0 Å². The zero-order valence-electron chi connectivity index (χ0n) is 10.1. The van der Waals surface area contributed by atoms with Crippen LogP contribution in [0.15, 0.2) is 22.7 Å². The zero-order valence-corrected chi connectivity index (χ0v) is 11.7. The number of hydrogen-bond acceptors (Lipinski definition) is 4. The molecule has 1 unspecified atom stereocenters. The lowest BCUT2D eigenvalue weighted by atomic mass is 10.1. The maximum Gasteiger partial charge on any atom is 0.339 e. The minimum atomic E-state index is -1.28. The number of anilines is 1. The minimum absolute atomic E-state index is 0.248. The molecule has 0 spiro atoms. The van der Waals surface area contributed by atoms with Gasteiger partial charge in [0.2, 0.25) is 0 Å². The summed E-state index contributed by atoms with van der Waals surface area (Å²) < 4.78 is 5.50. The van der Waals surface area contributed by atoms with E-state index in [1.807, 2.05) is 31.1 Å². The minimum Gasteiger partial charge on any atom is -0.464 e. The molecule has 0 radical (unpaired) electrons. The van der Waals surface area contributed by atoms with Gasteiger partial charge in [0.25, 0.3) is 0 Å². The summed E-state index contributed by atoms with van der Waals surface area (Å²) in [6.45, 7) is 1.95. The third-order valence-electron chi connectivity index (χ3n) is 2.30. The first-order valence-corrected chi connectivity index (χ1v) is 6.08. The first kappa shape index (κ1) is 14.0. The number of carbonyl (C=O) groups excluding carboxylic acids is 1. The summed E-state index contributed by atoms with van der Waals surface area (Å²) in [6.07, 6.45) is -1.28. The lowest BCUT2D eigenvalue weighted by Gasteiger charge is -2.21. The summed E-state index contributed by atoms with van der Waals surface area (Å²) in [6, 6.07) is 5.47. The van der Waals surface area contributed by atoms with Crippen LogP contribution in [0, 0.1) is 0 Å². The molecule has 1 rings (SSSR count). The van der Waals surface area contributed by atoms with Crippen molar-refractivity contribution in [3.8, 4) is 0 Å². The van der Waals surface area contributed by atoms with Crippen molar-refractivity contribution >= 4 is 27.6 Å². The summed E-state index contributed by atoms with van der Waals surface area (Å²) in [5.74, 6) is -0.637. The van der Waals surface area contributed by atoms with Crippen molar-refractivity contribution < 1.29 is 14.6 Å². The Kier molecular flexibility index (Phi) is 4.96. The van der Waals surface area contributed by atoms with Crippen LogP contribution in [0.2, 0.25) is 0 Å². The number of ether oxygens (including phenoxy) is 1. The fraction of sp³-hybridized carbons (Fsp3) is 0.417. The fourth-order valence-corrected chi connectivity index (χ4v) is 2.10. The molecule has 1 N–H and O–H groups in total. The van der Waals surface area contributed by atoms with Crippen molar-refractivity contribution in [2.45, 2.75) is 13.0 Å². The second-order valence-corrected chi connectivity index (χ2v) is 4.58. The molecule has 0 bridgehead atoms. The number of nitrogens with zero attached hydrogens (tertiary/aromatic N) is 1. The van der Waals surface area contributed by atoms with Crippen LogP contribution in [0.4, 0.5) is 5.69 Å². The molecule has 0 saturated carbocycles. The van der Waals surface area contributed by atoms with E-state index in [1.54, 1.807) is 13.0 Å². The first-order chi connectivity index (χ1) is 7.99. The van der Waals surface area contributed by atoms with E-state index < -0.39 is 12.1 Å². The Morgan fingerprint density at radius 2 is 2.18 bits per heavy atom. The summed E-state index contributed by atoms with van der Waals surface area (Å²) in [5.41, 5.74) is 1.30. The predicted octanol–water partition coefficient (Wildman–Crippen LogP) is 2.11. The SMILES string of the molecule is CCOC(=O)C(O)c1c(Br)cccc1N(C)C. The van der Waals surface area contributed by atoms with E-state index in [0.717, 1.165) is 5.69 Å². The van der Waals surface area contributed by atoms with Crippen molar-refractivity contribution in [3.05, 3.63) is 28.2 Å². The van der Waals surface area contributed by atoms with E-state index in [1.165, 1.54) is 0 Å². The van der Waals surface area contributed by atoms with Gasteiger partial charge in [-0.15, -0.1) is 0 Å². The Balaban J connectivity index is 3.15. The van der Waals surface area contributed by atoms with Gasteiger partial charge in [-0.3, -0.25) is 0 Å². The molecule has 17 heavy (non-hydrogen) atoms. The van der Waals surface area contributed by atoms with Gasteiger partial charge in [0.05, 0.1) is 6.61 Å². The number of rotatable bonds is 4. The van der Waals surface area contributed by atoms with Gasteiger partial charge < -0.3 is 14.7 Å². The van der Waals surface area contributed by atoms with Gasteiger partial charge in [0, 0.05) is 29.8 Å². The Bertz CT molecular complexity index is 407. The van der Waals surface area contributed by atoms with E-state index in [4.69, 9.17) is 4.74 Å². The highest BCUT2D eigenvalue weighted by atomic mass is 79.9. The van der Waals surface area contributed by atoms with Gasteiger partial charge in [-0.2, -0.15) is 0 Å². The zero-order chi connectivity index (χ0) is 13.0. The first-order valence-electron chi connectivity index (χ1n) is 5.29. The van der Waals surface area contributed by atoms with E-state index >= 15 is 0 Å². The van der Waals surface area contributed by atoms with Crippen LogP contribution in [-0.2, 0) is 9.53 Å². The molecule has 5 heteroatoms. The Labute approximate surface area is 109 Å². The molecule has 1 atom stereocenters. The van der Waals surface area contributed by atoms with Gasteiger partial charge in [-0.25, -0.2) is 4.79 Å². The van der Waals surface area contributed by atoms with Crippen LogP contribution in [0.5, 0.6) is 0 Å². The summed E-state index contributed by atoms with van der Waals surface area (Å²) >= 11 is 3.34. The molecule has 0 heterocycles. The molecule has 0 amide bonds. The number of esters is 1. The van der Waals surface area contributed by atoms with Crippen molar-refractivity contribution in [2.24, 2.45) is 0 Å². The second kappa shape index (κ2) is 6.02. The molecular weight excluding hydrogens is 286 g/mol. The summed E-state index contributed by atoms with van der Waals surface area (Å²) in [4.78, 5) is 13.4. The van der Waals surface area contributed by atoms with Gasteiger partial charge >= 0.3 is 5.97 Å². The van der Waals surface area contributed by atoms with E-state index in [2.05, 4.69) is 15.9 Å². The van der Waals surface area contributed by atoms with E-state index in [9.17, 15) is 9.90 Å². The number of benzene rings is 1.